The van der Waals surface area contributed by atoms with Crippen LogP contribution in [0.25, 0.3) is 0 Å². The average Bonchev–Trinajstić information content (AvgIpc) is 2.63. The van der Waals surface area contributed by atoms with Gasteiger partial charge in [-0.2, -0.15) is 0 Å². The first-order chi connectivity index (χ1) is 11.9. The van der Waals surface area contributed by atoms with Crippen molar-refractivity contribution >= 4 is 5.97 Å². The highest BCUT2D eigenvalue weighted by atomic mass is 19.1. The van der Waals surface area contributed by atoms with Gasteiger partial charge in [-0.3, -0.25) is 0 Å². The number of hydrogen-bond donors (Lipinski definition) is 1. The summed E-state index contributed by atoms with van der Waals surface area (Å²) < 4.78 is 24.3. The van der Waals surface area contributed by atoms with Crippen molar-refractivity contribution in [3.8, 4) is 0 Å². The lowest BCUT2D eigenvalue weighted by Crippen LogP contribution is -2.48. The Morgan fingerprint density at radius 1 is 1.08 bits per heavy atom. The largest absolute Gasteiger partial charge is 0.467 e. The Balaban J connectivity index is 2.67. The highest BCUT2D eigenvalue weighted by molar-refractivity contribution is 5.77. The standard InChI is InChI=1S/C20H23FO4/c1-14(2)13-25-20(18(22)19(23)24-3,15-7-5-4-6-8-15)16-9-11-17(21)12-10-16/h4-12,14,18,22H,13H2,1-3H3/t18-,20-/m1/s1. The minimum Gasteiger partial charge on any atom is -0.467 e. The Bertz CT molecular complexity index is 685. The van der Waals surface area contributed by atoms with Crippen LogP contribution < -0.4 is 0 Å². The van der Waals surface area contributed by atoms with Crippen molar-refractivity contribution in [2.75, 3.05) is 13.7 Å². The molecule has 4 nitrogen and oxygen atoms in total. The maximum atomic E-state index is 13.4. The zero-order valence-corrected chi connectivity index (χ0v) is 14.6. The predicted octanol–water partition coefficient (Wildman–Crippen LogP) is 3.28. The van der Waals surface area contributed by atoms with Crippen molar-refractivity contribution in [1.29, 1.82) is 0 Å². The highest BCUT2D eigenvalue weighted by Crippen LogP contribution is 2.38. The molecule has 0 bridgehead atoms. The molecule has 25 heavy (non-hydrogen) atoms. The summed E-state index contributed by atoms with van der Waals surface area (Å²) in [5.74, 6) is -1.08. The van der Waals surface area contributed by atoms with Crippen LogP contribution in [0.3, 0.4) is 0 Å². The molecule has 1 N–H and O–H groups in total. The topological polar surface area (TPSA) is 55.8 Å². The number of methoxy groups -OCH3 is 1. The number of halogens is 1. The minimum absolute atomic E-state index is 0.161. The van der Waals surface area contributed by atoms with Crippen molar-refractivity contribution in [2.24, 2.45) is 5.92 Å². The quantitative estimate of drug-likeness (QED) is 0.782. The van der Waals surface area contributed by atoms with Gasteiger partial charge in [0.25, 0.3) is 0 Å². The molecule has 0 heterocycles. The van der Waals surface area contributed by atoms with Gasteiger partial charge in [0.2, 0.25) is 0 Å². The summed E-state index contributed by atoms with van der Waals surface area (Å²) in [4.78, 5) is 12.2. The Labute approximate surface area is 147 Å². The van der Waals surface area contributed by atoms with Crippen molar-refractivity contribution in [3.05, 3.63) is 71.5 Å². The molecule has 0 spiro atoms. The summed E-state index contributed by atoms with van der Waals surface area (Å²) >= 11 is 0. The molecule has 0 saturated carbocycles. The molecule has 0 unspecified atom stereocenters. The second-order valence-electron chi connectivity index (χ2n) is 6.24. The van der Waals surface area contributed by atoms with Crippen LogP contribution in [0.4, 0.5) is 4.39 Å². The lowest BCUT2D eigenvalue weighted by atomic mass is 9.81. The van der Waals surface area contributed by atoms with Crippen LogP contribution in [0.15, 0.2) is 54.6 Å². The third kappa shape index (κ3) is 4.06. The van der Waals surface area contributed by atoms with Crippen LogP contribution in [0.1, 0.15) is 25.0 Å². The summed E-state index contributed by atoms with van der Waals surface area (Å²) in [5.41, 5.74) is -0.439. The van der Waals surface area contributed by atoms with E-state index in [0.717, 1.165) is 0 Å². The molecule has 2 atom stereocenters. The zero-order chi connectivity index (χ0) is 18.4. The Hall–Kier alpha value is -2.24. The van der Waals surface area contributed by atoms with Crippen LogP contribution >= 0.6 is 0 Å². The second kappa shape index (κ2) is 8.23. The van der Waals surface area contributed by atoms with Crippen molar-refractivity contribution in [1.82, 2.24) is 0 Å². The molecule has 0 aliphatic carbocycles. The van der Waals surface area contributed by atoms with E-state index in [1.807, 2.05) is 19.9 Å². The zero-order valence-electron chi connectivity index (χ0n) is 14.6. The number of rotatable bonds is 7. The van der Waals surface area contributed by atoms with Crippen LogP contribution in [-0.4, -0.2) is 30.9 Å². The SMILES string of the molecule is COC(=O)[C@@H](O)[C@@](OCC(C)C)(c1ccccc1)c1ccc(F)cc1. The molecule has 2 aromatic rings. The van der Waals surface area contributed by atoms with Gasteiger partial charge in [0.05, 0.1) is 13.7 Å². The first-order valence-corrected chi connectivity index (χ1v) is 8.13. The molecule has 5 heteroatoms. The Kier molecular flexibility index (Phi) is 6.28. The number of aliphatic hydroxyl groups excluding tert-OH is 1. The second-order valence-corrected chi connectivity index (χ2v) is 6.24. The van der Waals surface area contributed by atoms with Gasteiger partial charge in [0, 0.05) is 0 Å². The van der Waals surface area contributed by atoms with Crippen LogP contribution in [0.5, 0.6) is 0 Å². The van der Waals surface area contributed by atoms with Crippen LogP contribution in [0.2, 0.25) is 0 Å². The molecule has 0 radical (unpaired) electrons. The fourth-order valence-electron chi connectivity index (χ4n) is 2.69. The third-order valence-electron chi connectivity index (χ3n) is 3.93. The fraction of sp³-hybridized carbons (Fsp3) is 0.350. The highest BCUT2D eigenvalue weighted by Gasteiger charge is 2.47. The molecule has 0 aliphatic rings. The number of hydrogen-bond acceptors (Lipinski definition) is 4. The smallest absolute Gasteiger partial charge is 0.338 e. The molecule has 2 aromatic carbocycles. The van der Waals surface area contributed by atoms with E-state index in [-0.39, 0.29) is 5.92 Å². The summed E-state index contributed by atoms with van der Waals surface area (Å²) in [6.45, 7) is 4.22. The van der Waals surface area contributed by atoms with Crippen LogP contribution in [0, 0.1) is 11.7 Å². The van der Waals surface area contributed by atoms with E-state index in [0.29, 0.717) is 17.7 Å². The van der Waals surface area contributed by atoms with E-state index in [4.69, 9.17) is 9.47 Å². The van der Waals surface area contributed by atoms with Crippen LogP contribution in [-0.2, 0) is 19.9 Å². The maximum Gasteiger partial charge on any atom is 0.338 e. The van der Waals surface area contributed by atoms with Crippen molar-refractivity contribution in [2.45, 2.75) is 25.6 Å². The van der Waals surface area contributed by atoms with Gasteiger partial charge in [-0.15, -0.1) is 0 Å². The molecule has 0 aromatic heterocycles. The predicted molar refractivity (Wildman–Crippen MR) is 92.4 cm³/mol. The van der Waals surface area contributed by atoms with Gasteiger partial charge in [0.1, 0.15) is 5.82 Å². The van der Waals surface area contributed by atoms with E-state index in [9.17, 15) is 14.3 Å². The van der Waals surface area contributed by atoms with Gasteiger partial charge in [-0.1, -0.05) is 56.3 Å². The monoisotopic (exact) mass is 346 g/mol. The van der Waals surface area contributed by atoms with Crippen molar-refractivity contribution in [3.63, 3.8) is 0 Å². The number of ether oxygens (including phenoxy) is 2. The van der Waals surface area contributed by atoms with E-state index >= 15 is 0 Å². The van der Waals surface area contributed by atoms with Crippen molar-refractivity contribution < 1.29 is 23.8 Å². The van der Waals surface area contributed by atoms with Gasteiger partial charge in [0.15, 0.2) is 11.7 Å². The first kappa shape index (κ1) is 19.1. The molecular formula is C20H23FO4. The molecule has 0 fully saturated rings. The van der Waals surface area contributed by atoms with Gasteiger partial charge in [-0.25, -0.2) is 9.18 Å². The normalized spacial score (nSPS) is 14.8. The lowest BCUT2D eigenvalue weighted by Gasteiger charge is -2.38. The summed E-state index contributed by atoms with van der Waals surface area (Å²) in [6, 6.07) is 14.5. The molecule has 0 aliphatic heterocycles. The summed E-state index contributed by atoms with van der Waals surface area (Å²) in [7, 11) is 1.20. The molecule has 0 saturated heterocycles. The number of esters is 1. The molecular weight excluding hydrogens is 323 g/mol. The molecule has 134 valence electrons. The van der Waals surface area contributed by atoms with E-state index in [2.05, 4.69) is 0 Å². The Morgan fingerprint density at radius 2 is 1.64 bits per heavy atom. The number of carbonyl (C=O) groups is 1. The summed E-state index contributed by atoms with van der Waals surface area (Å²) in [6.07, 6.45) is -1.61. The van der Waals surface area contributed by atoms with E-state index in [1.165, 1.54) is 31.4 Å². The summed E-state index contributed by atoms with van der Waals surface area (Å²) in [5, 5.41) is 10.8. The first-order valence-electron chi connectivity index (χ1n) is 8.13. The minimum atomic E-state index is -1.61. The maximum absolute atomic E-state index is 13.4. The third-order valence-corrected chi connectivity index (χ3v) is 3.93. The van der Waals surface area contributed by atoms with E-state index < -0.39 is 23.5 Å². The Morgan fingerprint density at radius 3 is 2.16 bits per heavy atom. The number of aliphatic hydroxyl groups is 1. The number of carbonyl (C=O) groups excluding carboxylic acids is 1. The molecule has 2 rings (SSSR count). The molecule has 0 amide bonds. The van der Waals surface area contributed by atoms with E-state index in [1.54, 1.807) is 24.3 Å². The average molecular weight is 346 g/mol. The lowest BCUT2D eigenvalue weighted by molar-refractivity contribution is -0.172. The van der Waals surface area contributed by atoms with Gasteiger partial charge in [-0.05, 0) is 29.2 Å². The fourth-order valence-corrected chi connectivity index (χ4v) is 2.69. The van der Waals surface area contributed by atoms with Gasteiger partial charge < -0.3 is 14.6 Å². The van der Waals surface area contributed by atoms with Gasteiger partial charge >= 0.3 is 5.97 Å². The number of benzene rings is 2.